The highest BCUT2D eigenvalue weighted by Gasteiger charge is 2.41. The molecular formula is C17H31O2. The number of hydrogen-bond acceptors (Lipinski definition) is 2. The molecule has 0 spiro atoms. The summed E-state index contributed by atoms with van der Waals surface area (Å²) < 4.78 is 5.31. The van der Waals surface area contributed by atoms with Gasteiger partial charge in [-0.05, 0) is 36.0 Å². The summed E-state index contributed by atoms with van der Waals surface area (Å²) in [6, 6.07) is 0. The summed E-state index contributed by atoms with van der Waals surface area (Å²) in [6.07, 6.45) is 1.98. The molecule has 2 atom stereocenters. The zero-order chi connectivity index (χ0) is 15.4. The second kappa shape index (κ2) is 6.58. The van der Waals surface area contributed by atoms with Crippen LogP contribution in [0.15, 0.2) is 12.7 Å². The van der Waals surface area contributed by atoms with E-state index in [0.29, 0.717) is 5.92 Å². The van der Waals surface area contributed by atoms with Crippen LogP contribution in [0.2, 0.25) is 0 Å². The van der Waals surface area contributed by atoms with Crippen molar-refractivity contribution in [3.8, 4) is 0 Å². The monoisotopic (exact) mass is 267 g/mol. The van der Waals surface area contributed by atoms with Gasteiger partial charge in [-0.15, -0.1) is 0 Å². The highest BCUT2D eigenvalue weighted by molar-refractivity contribution is 5.81. The van der Waals surface area contributed by atoms with Crippen LogP contribution in [0.5, 0.6) is 0 Å². The summed E-state index contributed by atoms with van der Waals surface area (Å²) in [7, 11) is 0. The molecule has 0 fully saturated rings. The summed E-state index contributed by atoms with van der Waals surface area (Å²) in [5.41, 5.74) is 0.280. The second-order valence-corrected chi connectivity index (χ2v) is 7.52. The number of hydrogen-bond donors (Lipinski definition) is 0. The third-order valence-electron chi connectivity index (χ3n) is 3.52. The Kier molecular flexibility index (Phi) is 6.31. The molecule has 0 aliphatic rings. The van der Waals surface area contributed by atoms with Crippen LogP contribution in [0, 0.1) is 22.7 Å². The molecule has 1 radical (unpaired) electrons. The van der Waals surface area contributed by atoms with E-state index in [0.717, 1.165) is 6.42 Å². The van der Waals surface area contributed by atoms with Gasteiger partial charge in [-0.3, -0.25) is 0 Å². The summed E-state index contributed by atoms with van der Waals surface area (Å²) in [5, 5.41) is 0. The van der Waals surface area contributed by atoms with Crippen molar-refractivity contribution in [2.75, 3.05) is 0 Å². The molecular weight excluding hydrogens is 236 g/mol. The Morgan fingerprint density at radius 1 is 1.21 bits per heavy atom. The Morgan fingerprint density at radius 2 is 1.68 bits per heavy atom. The van der Waals surface area contributed by atoms with Crippen LogP contribution in [0.3, 0.4) is 0 Å². The van der Waals surface area contributed by atoms with E-state index in [-0.39, 0.29) is 22.9 Å². The van der Waals surface area contributed by atoms with Gasteiger partial charge < -0.3 is 4.74 Å². The van der Waals surface area contributed by atoms with Crippen LogP contribution in [-0.4, -0.2) is 12.1 Å². The molecule has 2 nitrogen and oxygen atoms in total. The molecule has 0 heterocycles. The van der Waals surface area contributed by atoms with Crippen molar-refractivity contribution in [3.63, 3.8) is 0 Å². The first-order valence-electron chi connectivity index (χ1n) is 7.05. The van der Waals surface area contributed by atoms with Crippen LogP contribution in [0.25, 0.3) is 0 Å². The van der Waals surface area contributed by atoms with Gasteiger partial charge in [0.25, 0.3) is 0 Å². The normalized spacial score (nSPS) is 16.1. The van der Waals surface area contributed by atoms with Gasteiger partial charge in [0.2, 0.25) is 0 Å². The molecule has 0 aliphatic heterocycles. The fourth-order valence-electron chi connectivity index (χ4n) is 3.97. The minimum absolute atomic E-state index is 0.0813. The molecule has 2 unspecified atom stereocenters. The van der Waals surface area contributed by atoms with Gasteiger partial charge in [0, 0.05) is 6.08 Å². The minimum atomic E-state index is -0.340. The van der Waals surface area contributed by atoms with Gasteiger partial charge >= 0.3 is 5.97 Å². The van der Waals surface area contributed by atoms with Gasteiger partial charge in [-0.1, -0.05) is 55.0 Å². The SMILES string of the molecule is C=CC(=O)OC(C)CC(C)(C)C([C](C)C)C(C)(C)C. The maximum atomic E-state index is 11.3. The minimum Gasteiger partial charge on any atom is -0.460 e. The lowest BCUT2D eigenvalue weighted by atomic mass is 9.59. The molecule has 0 aromatic carbocycles. The Labute approximate surface area is 119 Å². The zero-order valence-electron chi connectivity index (χ0n) is 14.0. The molecule has 0 bridgehead atoms. The molecule has 0 saturated carbocycles. The Bertz CT molecular complexity index is 308. The highest BCUT2D eigenvalue weighted by Crippen LogP contribution is 2.48. The molecule has 0 N–H and O–H groups in total. The summed E-state index contributed by atoms with van der Waals surface area (Å²) in [4.78, 5) is 11.3. The smallest absolute Gasteiger partial charge is 0.330 e. The maximum absolute atomic E-state index is 11.3. The summed E-state index contributed by atoms with van der Waals surface area (Å²) in [6.45, 7) is 21.1. The van der Waals surface area contributed by atoms with Crippen molar-refractivity contribution in [1.29, 1.82) is 0 Å². The zero-order valence-corrected chi connectivity index (χ0v) is 14.0. The summed E-state index contributed by atoms with van der Waals surface area (Å²) >= 11 is 0. The van der Waals surface area contributed by atoms with Gasteiger partial charge in [0.05, 0.1) is 6.10 Å². The van der Waals surface area contributed by atoms with Gasteiger partial charge in [0.15, 0.2) is 0 Å². The molecule has 0 saturated heterocycles. The van der Waals surface area contributed by atoms with Crippen molar-refractivity contribution < 1.29 is 9.53 Å². The fourth-order valence-corrected chi connectivity index (χ4v) is 3.97. The van der Waals surface area contributed by atoms with E-state index in [1.807, 2.05) is 6.92 Å². The van der Waals surface area contributed by atoms with E-state index in [9.17, 15) is 4.79 Å². The number of rotatable bonds is 6. The average Bonchev–Trinajstić information content (AvgIpc) is 2.11. The molecule has 0 aliphatic carbocycles. The molecule has 0 aromatic heterocycles. The fraction of sp³-hybridized carbons (Fsp3) is 0.765. The predicted molar refractivity (Wildman–Crippen MR) is 81.7 cm³/mol. The van der Waals surface area contributed by atoms with E-state index in [1.54, 1.807) is 0 Å². The molecule has 0 aromatic rings. The third kappa shape index (κ3) is 5.80. The number of esters is 1. The van der Waals surface area contributed by atoms with E-state index in [1.165, 1.54) is 12.0 Å². The van der Waals surface area contributed by atoms with Gasteiger partial charge in [-0.2, -0.15) is 0 Å². The van der Waals surface area contributed by atoms with E-state index in [2.05, 4.69) is 55.0 Å². The van der Waals surface area contributed by atoms with E-state index < -0.39 is 0 Å². The lowest BCUT2D eigenvalue weighted by Gasteiger charge is -2.46. The predicted octanol–water partition coefficient (Wildman–Crippen LogP) is 4.80. The van der Waals surface area contributed by atoms with Crippen LogP contribution in [0.1, 0.15) is 61.8 Å². The second-order valence-electron chi connectivity index (χ2n) is 7.52. The quantitative estimate of drug-likeness (QED) is 0.510. The topological polar surface area (TPSA) is 26.3 Å². The van der Waals surface area contributed by atoms with Gasteiger partial charge in [0.1, 0.15) is 0 Å². The van der Waals surface area contributed by atoms with Crippen molar-refractivity contribution in [2.24, 2.45) is 16.7 Å². The maximum Gasteiger partial charge on any atom is 0.330 e. The molecule has 111 valence electrons. The van der Waals surface area contributed by atoms with Crippen molar-refractivity contribution in [1.82, 2.24) is 0 Å². The number of carbonyl (C=O) groups excluding carboxylic acids is 1. The molecule has 19 heavy (non-hydrogen) atoms. The first-order chi connectivity index (χ1) is 8.41. The van der Waals surface area contributed by atoms with E-state index in [4.69, 9.17) is 4.74 Å². The average molecular weight is 267 g/mol. The Morgan fingerprint density at radius 3 is 2.00 bits per heavy atom. The number of carbonyl (C=O) groups is 1. The first-order valence-corrected chi connectivity index (χ1v) is 7.05. The molecule has 2 heteroatoms. The standard InChI is InChI=1S/C17H31O2/c1-10-14(18)19-13(4)11-17(8,9)15(12(2)3)16(5,6)7/h10,13,15H,1,11H2,2-9H3. The first kappa shape index (κ1) is 18.2. The van der Waals surface area contributed by atoms with Crippen LogP contribution < -0.4 is 0 Å². The highest BCUT2D eigenvalue weighted by atomic mass is 16.5. The number of ether oxygens (including phenoxy) is 1. The van der Waals surface area contributed by atoms with Crippen molar-refractivity contribution >= 4 is 5.97 Å². The van der Waals surface area contributed by atoms with Crippen LogP contribution in [-0.2, 0) is 9.53 Å². The molecule has 0 rings (SSSR count). The molecule has 0 amide bonds. The Balaban J connectivity index is 4.92. The van der Waals surface area contributed by atoms with E-state index >= 15 is 0 Å². The summed E-state index contributed by atoms with van der Waals surface area (Å²) in [5.74, 6) is 1.57. The van der Waals surface area contributed by atoms with Crippen LogP contribution in [0.4, 0.5) is 0 Å². The third-order valence-corrected chi connectivity index (χ3v) is 3.52. The van der Waals surface area contributed by atoms with Crippen LogP contribution >= 0.6 is 0 Å². The largest absolute Gasteiger partial charge is 0.460 e. The Hall–Kier alpha value is -0.790. The van der Waals surface area contributed by atoms with Gasteiger partial charge in [-0.25, -0.2) is 4.79 Å². The lowest BCUT2D eigenvalue weighted by Crippen LogP contribution is -2.39. The van der Waals surface area contributed by atoms with Crippen molar-refractivity contribution in [3.05, 3.63) is 18.6 Å². The van der Waals surface area contributed by atoms with Crippen molar-refractivity contribution in [2.45, 2.75) is 67.9 Å². The lowest BCUT2D eigenvalue weighted by molar-refractivity contribution is -0.144.